The van der Waals surface area contributed by atoms with Crippen LogP contribution in [0.5, 0.6) is 11.6 Å². The van der Waals surface area contributed by atoms with Crippen LogP contribution in [0, 0.1) is 5.92 Å². The Balaban J connectivity index is 1.27. The normalized spacial score (nSPS) is 22.1. The van der Waals surface area contributed by atoms with E-state index in [4.69, 9.17) is 9.47 Å². The maximum atomic E-state index is 6.10. The van der Waals surface area contributed by atoms with Gasteiger partial charge in [-0.3, -0.25) is 0 Å². The van der Waals surface area contributed by atoms with Crippen LogP contribution >= 0.6 is 0 Å². The molecule has 1 heterocycles. The highest BCUT2D eigenvalue weighted by Crippen LogP contribution is 2.29. The molecule has 0 spiro atoms. The van der Waals surface area contributed by atoms with E-state index >= 15 is 0 Å². The molecule has 2 aliphatic carbocycles. The summed E-state index contributed by atoms with van der Waals surface area (Å²) in [4.78, 5) is 8.67. The van der Waals surface area contributed by atoms with Crippen LogP contribution in [0.25, 0.3) is 10.9 Å². The van der Waals surface area contributed by atoms with Gasteiger partial charge >= 0.3 is 0 Å². The summed E-state index contributed by atoms with van der Waals surface area (Å²) < 4.78 is 11.4. The highest BCUT2D eigenvalue weighted by Gasteiger charge is 2.22. The fourth-order valence-electron chi connectivity index (χ4n) is 4.05. The van der Waals surface area contributed by atoms with Crippen molar-refractivity contribution in [2.24, 2.45) is 5.92 Å². The molecule has 1 aromatic heterocycles. The largest absolute Gasteiger partial charge is 0.497 e. The first-order valence-electron chi connectivity index (χ1n) is 10.3. The van der Waals surface area contributed by atoms with E-state index in [0.717, 1.165) is 23.2 Å². The lowest BCUT2D eigenvalue weighted by molar-refractivity contribution is 0.189. The summed E-state index contributed by atoms with van der Waals surface area (Å²) >= 11 is 0. The number of hydrogen-bond acceptors (Lipinski definition) is 5. The standard InChI is InChI=1S/C23H29N3O2/c1-27-20-11-12-22-21(13-20)23(26-16-25-22)28-15-18-7-9-19(10-8-18)24-14-17-5-3-2-4-6-17/h3,5-6,11-13,16,18-19,24H,2,4,7-10,14-15H2,1H3. The highest BCUT2D eigenvalue weighted by molar-refractivity contribution is 5.84. The molecule has 0 radical (unpaired) electrons. The van der Waals surface area contributed by atoms with Gasteiger partial charge in [0.1, 0.15) is 12.1 Å². The van der Waals surface area contributed by atoms with Gasteiger partial charge in [0.25, 0.3) is 0 Å². The molecule has 0 atom stereocenters. The number of rotatable bonds is 7. The Kier molecular flexibility index (Phi) is 6.22. The van der Waals surface area contributed by atoms with E-state index in [1.165, 1.54) is 44.1 Å². The first kappa shape index (κ1) is 18.9. The van der Waals surface area contributed by atoms with Crippen LogP contribution in [-0.4, -0.2) is 36.3 Å². The number of fused-ring (bicyclic) bond motifs is 1. The van der Waals surface area contributed by atoms with Crippen LogP contribution in [0.1, 0.15) is 38.5 Å². The van der Waals surface area contributed by atoms with Crippen LogP contribution < -0.4 is 14.8 Å². The molecule has 5 nitrogen and oxygen atoms in total. The first-order chi connectivity index (χ1) is 13.8. The second-order valence-electron chi connectivity index (χ2n) is 7.73. The van der Waals surface area contributed by atoms with Crippen molar-refractivity contribution in [3.63, 3.8) is 0 Å². The number of hydrogen-bond donors (Lipinski definition) is 1. The van der Waals surface area contributed by atoms with E-state index in [-0.39, 0.29) is 0 Å². The van der Waals surface area contributed by atoms with Crippen molar-refractivity contribution in [2.75, 3.05) is 20.3 Å². The van der Waals surface area contributed by atoms with E-state index in [2.05, 4.69) is 33.5 Å². The predicted octanol–water partition coefficient (Wildman–Crippen LogP) is 4.44. The number of nitrogens with zero attached hydrogens (tertiary/aromatic N) is 2. The van der Waals surface area contributed by atoms with Crippen molar-refractivity contribution in [3.05, 3.63) is 48.3 Å². The van der Waals surface area contributed by atoms with Crippen molar-refractivity contribution in [1.82, 2.24) is 15.3 Å². The minimum atomic E-state index is 0.586. The summed E-state index contributed by atoms with van der Waals surface area (Å²) in [5, 5.41) is 4.64. The molecule has 0 aliphatic heterocycles. The summed E-state index contributed by atoms with van der Waals surface area (Å²) in [6.45, 7) is 1.71. The minimum Gasteiger partial charge on any atom is -0.497 e. The molecule has 28 heavy (non-hydrogen) atoms. The Bertz CT molecular complexity index is 854. The van der Waals surface area contributed by atoms with Gasteiger partial charge in [-0.2, -0.15) is 0 Å². The van der Waals surface area contributed by atoms with Gasteiger partial charge in [0.2, 0.25) is 5.88 Å². The minimum absolute atomic E-state index is 0.586. The molecule has 2 aliphatic rings. The molecular formula is C23H29N3O2. The zero-order valence-electron chi connectivity index (χ0n) is 16.6. The summed E-state index contributed by atoms with van der Waals surface area (Å²) in [5.41, 5.74) is 2.31. The molecular weight excluding hydrogens is 350 g/mol. The first-order valence-corrected chi connectivity index (χ1v) is 10.3. The Morgan fingerprint density at radius 2 is 2.00 bits per heavy atom. The zero-order chi connectivity index (χ0) is 19.2. The summed E-state index contributed by atoms with van der Waals surface area (Å²) in [6.07, 6.45) is 15.6. The van der Waals surface area contributed by atoms with Crippen LogP contribution in [0.4, 0.5) is 0 Å². The smallest absolute Gasteiger partial charge is 0.224 e. The Hall–Kier alpha value is -2.40. The number of methoxy groups -OCH3 is 1. The van der Waals surface area contributed by atoms with Crippen molar-refractivity contribution < 1.29 is 9.47 Å². The van der Waals surface area contributed by atoms with Gasteiger partial charge in [0, 0.05) is 12.6 Å². The van der Waals surface area contributed by atoms with E-state index < -0.39 is 0 Å². The Labute approximate surface area is 166 Å². The highest BCUT2D eigenvalue weighted by atomic mass is 16.5. The van der Waals surface area contributed by atoms with Gasteiger partial charge in [0.15, 0.2) is 0 Å². The van der Waals surface area contributed by atoms with Crippen LogP contribution in [-0.2, 0) is 0 Å². The van der Waals surface area contributed by atoms with Gasteiger partial charge in [-0.25, -0.2) is 9.97 Å². The van der Waals surface area contributed by atoms with Crippen LogP contribution in [0.2, 0.25) is 0 Å². The van der Waals surface area contributed by atoms with Gasteiger partial charge in [-0.1, -0.05) is 18.2 Å². The third-order valence-corrected chi connectivity index (χ3v) is 5.78. The third kappa shape index (κ3) is 4.71. The maximum Gasteiger partial charge on any atom is 0.224 e. The lowest BCUT2D eigenvalue weighted by atomic mass is 9.86. The van der Waals surface area contributed by atoms with E-state index in [0.29, 0.717) is 24.4 Å². The van der Waals surface area contributed by atoms with Crippen molar-refractivity contribution >= 4 is 10.9 Å². The Morgan fingerprint density at radius 3 is 2.79 bits per heavy atom. The topological polar surface area (TPSA) is 56.3 Å². The molecule has 0 saturated heterocycles. The molecule has 148 valence electrons. The fourth-order valence-corrected chi connectivity index (χ4v) is 4.05. The van der Waals surface area contributed by atoms with Gasteiger partial charge in [-0.15, -0.1) is 0 Å². The average molecular weight is 380 g/mol. The third-order valence-electron chi connectivity index (χ3n) is 5.78. The SMILES string of the molecule is COc1ccc2ncnc(OCC3CCC(NCC4=CCCC=C4)CC3)c2c1. The summed E-state index contributed by atoms with van der Waals surface area (Å²) in [6, 6.07) is 6.42. The molecule has 0 amide bonds. The quantitative estimate of drug-likeness (QED) is 0.771. The second kappa shape index (κ2) is 9.20. The molecule has 5 heteroatoms. The number of benzene rings is 1. The number of nitrogens with one attached hydrogen (secondary N) is 1. The van der Waals surface area contributed by atoms with Crippen LogP contribution in [0.15, 0.2) is 48.3 Å². The molecule has 2 aromatic rings. The molecule has 1 aromatic carbocycles. The number of allylic oxidation sites excluding steroid dienone is 2. The molecule has 4 rings (SSSR count). The second-order valence-corrected chi connectivity index (χ2v) is 7.73. The lowest BCUT2D eigenvalue weighted by Crippen LogP contribution is -2.35. The van der Waals surface area contributed by atoms with E-state index in [1.807, 2.05) is 18.2 Å². The molecule has 1 fully saturated rings. The molecule has 0 bridgehead atoms. The van der Waals surface area contributed by atoms with Gasteiger partial charge in [-0.05, 0) is 68.2 Å². The maximum absolute atomic E-state index is 6.10. The predicted molar refractivity (Wildman–Crippen MR) is 112 cm³/mol. The number of aromatic nitrogens is 2. The zero-order valence-corrected chi connectivity index (χ0v) is 16.6. The van der Waals surface area contributed by atoms with Crippen molar-refractivity contribution in [2.45, 2.75) is 44.6 Å². The van der Waals surface area contributed by atoms with Crippen LogP contribution in [0.3, 0.4) is 0 Å². The molecule has 1 N–H and O–H groups in total. The number of ether oxygens (including phenoxy) is 2. The summed E-state index contributed by atoms with van der Waals surface area (Å²) in [5.74, 6) is 2.03. The van der Waals surface area contributed by atoms with E-state index in [1.54, 1.807) is 13.4 Å². The fraction of sp³-hybridized carbons (Fsp3) is 0.478. The van der Waals surface area contributed by atoms with Gasteiger partial charge in [0.05, 0.1) is 24.6 Å². The lowest BCUT2D eigenvalue weighted by Gasteiger charge is -2.29. The van der Waals surface area contributed by atoms with E-state index in [9.17, 15) is 0 Å². The Morgan fingerprint density at radius 1 is 1.11 bits per heavy atom. The van der Waals surface area contributed by atoms with Crippen molar-refractivity contribution in [1.29, 1.82) is 0 Å². The average Bonchev–Trinajstić information content (AvgIpc) is 2.77. The summed E-state index contributed by atoms with van der Waals surface area (Å²) in [7, 11) is 1.67. The monoisotopic (exact) mass is 379 g/mol. The van der Waals surface area contributed by atoms with Gasteiger partial charge < -0.3 is 14.8 Å². The molecule has 0 unspecified atom stereocenters. The molecule has 1 saturated carbocycles. The van der Waals surface area contributed by atoms with Crippen molar-refractivity contribution in [3.8, 4) is 11.6 Å².